The molecule has 2 heteroatoms. The predicted octanol–water partition coefficient (Wildman–Crippen LogP) is 4.54. The van der Waals surface area contributed by atoms with Crippen molar-refractivity contribution < 1.29 is 0 Å². The fourth-order valence-corrected chi connectivity index (χ4v) is 3.56. The summed E-state index contributed by atoms with van der Waals surface area (Å²) in [6, 6.07) is 8.56. The standard InChI is InChI=1S/C16H24BrN/c1-12(2)14-6-8-16(18,9-7-14)11-13-4-3-5-15(17)10-13/h3-5,10,12,14H,6-9,11,18H2,1-2H3. The quantitative estimate of drug-likeness (QED) is 0.872. The van der Waals surface area contributed by atoms with E-state index in [1.54, 1.807) is 0 Å². The molecule has 1 aromatic rings. The van der Waals surface area contributed by atoms with Crippen LogP contribution in [0.3, 0.4) is 0 Å². The molecule has 0 saturated heterocycles. The molecule has 1 aliphatic carbocycles. The minimum Gasteiger partial charge on any atom is -0.325 e. The van der Waals surface area contributed by atoms with Crippen molar-refractivity contribution in [1.82, 2.24) is 0 Å². The van der Waals surface area contributed by atoms with Gasteiger partial charge in [0.2, 0.25) is 0 Å². The smallest absolute Gasteiger partial charge is 0.0195 e. The SMILES string of the molecule is CC(C)C1CCC(N)(Cc2cccc(Br)c2)CC1. The lowest BCUT2D eigenvalue weighted by molar-refractivity contribution is 0.194. The van der Waals surface area contributed by atoms with E-state index < -0.39 is 0 Å². The molecule has 100 valence electrons. The van der Waals surface area contributed by atoms with Gasteiger partial charge in [0.1, 0.15) is 0 Å². The van der Waals surface area contributed by atoms with Crippen LogP contribution in [0.2, 0.25) is 0 Å². The highest BCUT2D eigenvalue weighted by Crippen LogP contribution is 2.36. The lowest BCUT2D eigenvalue weighted by Gasteiger charge is -2.38. The van der Waals surface area contributed by atoms with Gasteiger partial charge in [-0.1, -0.05) is 41.9 Å². The van der Waals surface area contributed by atoms with Crippen molar-refractivity contribution in [3.63, 3.8) is 0 Å². The molecule has 2 rings (SSSR count). The third-order valence-electron chi connectivity index (χ3n) is 4.41. The van der Waals surface area contributed by atoms with E-state index in [-0.39, 0.29) is 5.54 Å². The van der Waals surface area contributed by atoms with Gasteiger partial charge in [0.15, 0.2) is 0 Å². The maximum Gasteiger partial charge on any atom is 0.0195 e. The highest BCUT2D eigenvalue weighted by molar-refractivity contribution is 9.10. The summed E-state index contributed by atoms with van der Waals surface area (Å²) in [5.41, 5.74) is 7.96. The molecule has 1 nitrogen and oxygen atoms in total. The average Bonchev–Trinajstić information content (AvgIpc) is 2.29. The van der Waals surface area contributed by atoms with Crippen molar-refractivity contribution in [3.8, 4) is 0 Å². The molecule has 18 heavy (non-hydrogen) atoms. The van der Waals surface area contributed by atoms with Crippen molar-refractivity contribution in [2.45, 2.75) is 51.5 Å². The summed E-state index contributed by atoms with van der Waals surface area (Å²) < 4.78 is 1.15. The Labute approximate surface area is 119 Å². The Bertz CT molecular complexity index is 392. The number of rotatable bonds is 3. The van der Waals surface area contributed by atoms with E-state index in [9.17, 15) is 0 Å². The summed E-state index contributed by atoms with van der Waals surface area (Å²) in [4.78, 5) is 0. The lowest BCUT2D eigenvalue weighted by atomic mass is 9.71. The molecule has 1 saturated carbocycles. The van der Waals surface area contributed by atoms with Crippen molar-refractivity contribution in [2.75, 3.05) is 0 Å². The summed E-state index contributed by atoms with van der Waals surface area (Å²) in [7, 11) is 0. The van der Waals surface area contributed by atoms with Crippen LogP contribution in [-0.2, 0) is 6.42 Å². The number of hydrogen-bond acceptors (Lipinski definition) is 1. The van der Waals surface area contributed by atoms with E-state index in [2.05, 4.69) is 54.0 Å². The van der Waals surface area contributed by atoms with Crippen molar-refractivity contribution in [1.29, 1.82) is 0 Å². The van der Waals surface area contributed by atoms with Crippen LogP contribution in [0.1, 0.15) is 45.1 Å². The van der Waals surface area contributed by atoms with Gasteiger partial charge in [-0.05, 0) is 61.6 Å². The van der Waals surface area contributed by atoms with Gasteiger partial charge in [-0.2, -0.15) is 0 Å². The summed E-state index contributed by atoms with van der Waals surface area (Å²) in [6.07, 6.45) is 5.94. The van der Waals surface area contributed by atoms with E-state index in [1.165, 1.54) is 31.2 Å². The third-order valence-corrected chi connectivity index (χ3v) is 4.91. The Hall–Kier alpha value is -0.340. The second-order valence-electron chi connectivity index (χ2n) is 6.25. The maximum atomic E-state index is 6.59. The van der Waals surface area contributed by atoms with Gasteiger partial charge in [0.25, 0.3) is 0 Å². The molecule has 0 radical (unpaired) electrons. The Morgan fingerprint density at radius 1 is 1.33 bits per heavy atom. The molecule has 0 unspecified atom stereocenters. The molecule has 0 heterocycles. The second kappa shape index (κ2) is 5.75. The minimum atomic E-state index is 0.0200. The molecular weight excluding hydrogens is 286 g/mol. The van der Waals surface area contributed by atoms with Crippen LogP contribution >= 0.6 is 15.9 Å². The van der Waals surface area contributed by atoms with Crippen molar-refractivity contribution in [2.24, 2.45) is 17.6 Å². The molecule has 1 aromatic carbocycles. The molecule has 0 aromatic heterocycles. The van der Waals surface area contributed by atoms with E-state index >= 15 is 0 Å². The molecule has 1 fully saturated rings. The Morgan fingerprint density at radius 3 is 2.56 bits per heavy atom. The van der Waals surface area contributed by atoms with Gasteiger partial charge in [-0.15, -0.1) is 0 Å². The summed E-state index contributed by atoms with van der Waals surface area (Å²) >= 11 is 3.53. The normalized spacial score (nSPS) is 28.6. The second-order valence-corrected chi connectivity index (χ2v) is 7.17. The first kappa shape index (κ1) is 14.1. The third kappa shape index (κ3) is 3.58. The molecule has 0 atom stereocenters. The zero-order valence-electron chi connectivity index (χ0n) is 11.5. The summed E-state index contributed by atoms with van der Waals surface area (Å²) in [6.45, 7) is 4.67. The van der Waals surface area contributed by atoms with Crippen molar-refractivity contribution >= 4 is 15.9 Å². The van der Waals surface area contributed by atoms with Crippen molar-refractivity contribution in [3.05, 3.63) is 34.3 Å². The minimum absolute atomic E-state index is 0.0200. The number of halogens is 1. The number of nitrogens with two attached hydrogens (primary N) is 1. The Kier molecular flexibility index (Phi) is 4.50. The molecule has 0 amide bonds. The van der Waals surface area contributed by atoms with Gasteiger partial charge in [-0.3, -0.25) is 0 Å². The van der Waals surface area contributed by atoms with Crippen LogP contribution in [0.25, 0.3) is 0 Å². The molecule has 0 bridgehead atoms. The predicted molar refractivity (Wildman–Crippen MR) is 81.6 cm³/mol. The lowest BCUT2D eigenvalue weighted by Crippen LogP contribution is -2.45. The van der Waals surface area contributed by atoms with E-state index in [4.69, 9.17) is 5.73 Å². The fourth-order valence-electron chi connectivity index (χ4n) is 3.11. The van der Waals surface area contributed by atoms with E-state index in [0.717, 1.165) is 22.7 Å². The highest BCUT2D eigenvalue weighted by atomic mass is 79.9. The molecule has 0 aliphatic heterocycles. The zero-order chi connectivity index (χ0) is 13.2. The van der Waals surface area contributed by atoms with Gasteiger partial charge >= 0.3 is 0 Å². The first-order chi connectivity index (χ1) is 8.48. The van der Waals surface area contributed by atoms with E-state index in [0.29, 0.717) is 0 Å². The van der Waals surface area contributed by atoms with Gasteiger partial charge < -0.3 is 5.73 Å². The van der Waals surface area contributed by atoms with Crippen LogP contribution in [0.15, 0.2) is 28.7 Å². The van der Waals surface area contributed by atoms with Gasteiger partial charge in [-0.25, -0.2) is 0 Å². The van der Waals surface area contributed by atoms with Gasteiger partial charge in [0.05, 0.1) is 0 Å². The van der Waals surface area contributed by atoms with E-state index in [1.807, 2.05) is 0 Å². The number of benzene rings is 1. The average molecular weight is 310 g/mol. The first-order valence-electron chi connectivity index (χ1n) is 7.02. The van der Waals surface area contributed by atoms with Crippen LogP contribution in [0, 0.1) is 11.8 Å². The topological polar surface area (TPSA) is 26.0 Å². The molecule has 1 aliphatic rings. The van der Waals surface area contributed by atoms with Crippen LogP contribution < -0.4 is 5.73 Å². The largest absolute Gasteiger partial charge is 0.325 e. The fraction of sp³-hybridized carbons (Fsp3) is 0.625. The summed E-state index contributed by atoms with van der Waals surface area (Å²) in [5, 5.41) is 0. The Morgan fingerprint density at radius 2 is 2.00 bits per heavy atom. The monoisotopic (exact) mass is 309 g/mol. The molecule has 2 N–H and O–H groups in total. The maximum absolute atomic E-state index is 6.59. The van der Waals surface area contributed by atoms with Gasteiger partial charge in [0, 0.05) is 10.0 Å². The van der Waals surface area contributed by atoms with Crippen LogP contribution in [-0.4, -0.2) is 5.54 Å². The Balaban J connectivity index is 1.97. The molecular formula is C16H24BrN. The first-order valence-corrected chi connectivity index (χ1v) is 7.81. The van der Waals surface area contributed by atoms with Crippen LogP contribution in [0.4, 0.5) is 0 Å². The van der Waals surface area contributed by atoms with Crippen LogP contribution in [0.5, 0.6) is 0 Å². The highest BCUT2D eigenvalue weighted by Gasteiger charge is 2.32. The zero-order valence-corrected chi connectivity index (χ0v) is 13.0. The number of hydrogen-bond donors (Lipinski definition) is 1. The summed E-state index contributed by atoms with van der Waals surface area (Å²) in [5.74, 6) is 1.68. The molecule has 0 spiro atoms.